The van der Waals surface area contributed by atoms with Crippen molar-refractivity contribution in [3.8, 4) is 0 Å². The fraction of sp³-hybridized carbons (Fsp3) is 0.500. The molecule has 0 radical (unpaired) electrons. The fourth-order valence-corrected chi connectivity index (χ4v) is 2.63. The summed E-state index contributed by atoms with van der Waals surface area (Å²) in [6.45, 7) is 4.18. The van der Waals surface area contributed by atoms with Crippen LogP contribution in [0.5, 0.6) is 0 Å². The van der Waals surface area contributed by atoms with Crippen molar-refractivity contribution >= 4 is 17.6 Å². The number of hydrogen-bond acceptors (Lipinski definition) is 5. The van der Waals surface area contributed by atoms with Crippen LogP contribution in [0.3, 0.4) is 0 Å². The molecule has 0 aromatic rings. The van der Waals surface area contributed by atoms with Crippen LogP contribution in [-0.2, 0) is 19.1 Å². The molecule has 0 aromatic heterocycles. The molecular formula is C18H24N2O5. The van der Waals surface area contributed by atoms with Gasteiger partial charge in [0.05, 0.1) is 5.70 Å². The maximum absolute atomic E-state index is 12.1. The van der Waals surface area contributed by atoms with Crippen LogP contribution in [0, 0.1) is 5.92 Å². The Morgan fingerprint density at radius 1 is 1.44 bits per heavy atom. The predicted molar refractivity (Wildman–Crippen MR) is 91.0 cm³/mol. The van der Waals surface area contributed by atoms with Crippen molar-refractivity contribution in [2.75, 3.05) is 0 Å². The van der Waals surface area contributed by atoms with Gasteiger partial charge in [-0.1, -0.05) is 32.1 Å². The number of fused-ring (bicyclic) bond motifs is 1. The van der Waals surface area contributed by atoms with Crippen molar-refractivity contribution in [1.82, 2.24) is 5.32 Å². The normalized spacial score (nSPS) is 28.3. The number of nitrogens with one attached hydrogen (secondary N) is 1. The molecule has 7 heteroatoms. The number of carbonyl (C=O) groups excluding carboxylic acids is 3. The first-order chi connectivity index (χ1) is 11.7. The number of primary amides is 1. The molecule has 136 valence electrons. The zero-order valence-electron chi connectivity index (χ0n) is 14.4. The van der Waals surface area contributed by atoms with Crippen LogP contribution in [0.15, 0.2) is 36.1 Å². The summed E-state index contributed by atoms with van der Waals surface area (Å²) >= 11 is 0. The number of nitrogens with two attached hydrogens (primary N) is 1. The van der Waals surface area contributed by atoms with Crippen molar-refractivity contribution in [3.05, 3.63) is 36.1 Å². The quantitative estimate of drug-likeness (QED) is 0.335. The molecule has 7 nitrogen and oxygen atoms in total. The third-order valence-corrected chi connectivity index (χ3v) is 4.03. The third kappa shape index (κ3) is 5.11. The molecule has 3 atom stereocenters. The summed E-state index contributed by atoms with van der Waals surface area (Å²) in [5.41, 5.74) is 3.59. The van der Waals surface area contributed by atoms with Gasteiger partial charge in [0.25, 0.3) is 0 Å². The third-order valence-electron chi connectivity index (χ3n) is 4.03. The first kappa shape index (κ1) is 19.1. The van der Waals surface area contributed by atoms with Gasteiger partial charge in [0.2, 0.25) is 17.6 Å². The number of aliphatic hydroxyl groups is 1. The Labute approximate surface area is 146 Å². The molecule has 25 heavy (non-hydrogen) atoms. The maximum atomic E-state index is 12.1. The monoisotopic (exact) mass is 348 g/mol. The van der Waals surface area contributed by atoms with E-state index in [0.29, 0.717) is 5.92 Å². The number of ketones is 1. The molecule has 1 heterocycles. The molecule has 2 amide bonds. The minimum absolute atomic E-state index is 0.0217. The molecule has 2 rings (SSSR count). The summed E-state index contributed by atoms with van der Waals surface area (Å²) in [5.74, 6) is -0.887. The van der Waals surface area contributed by atoms with Gasteiger partial charge in [0, 0.05) is 12.5 Å². The summed E-state index contributed by atoms with van der Waals surface area (Å²) in [6, 6.07) is 0. The number of carbonyl (C=O) groups is 3. The van der Waals surface area contributed by atoms with Gasteiger partial charge in [0.1, 0.15) is 11.7 Å². The van der Waals surface area contributed by atoms with E-state index in [2.05, 4.69) is 19.2 Å². The lowest BCUT2D eigenvalue weighted by Gasteiger charge is -2.26. The van der Waals surface area contributed by atoms with E-state index in [0.717, 1.165) is 6.42 Å². The van der Waals surface area contributed by atoms with Crippen molar-refractivity contribution in [2.45, 2.75) is 50.9 Å². The largest absolute Gasteiger partial charge is 0.383 e. The van der Waals surface area contributed by atoms with Gasteiger partial charge < -0.3 is 20.9 Å². The van der Waals surface area contributed by atoms with Gasteiger partial charge in [-0.05, 0) is 24.8 Å². The molecule has 0 spiro atoms. The number of rotatable bonds is 8. The van der Waals surface area contributed by atoms with Crippen LogP contribution in [-0.4, -0.2) is 40.5 Å². The van der Waals surface area contributed by atoms with E-state index in [1.54, 1.807) is 12.2 Å². The van der Waals surface area contributed by atoms with Gasteiger partial charge in [-0.2, -0.15) is 0 Å². The first-order valence-electron chi connectivity index (χ1n) is 8.30. The second-order valence-electron chi connectivity index (χ2n) is 6.76. The van der Waals surface area contributed by atoms with Gasteiger partial charge in [0.15, 0.2) is 6.10 Å². The number of ether oxygens (including phenoxy) is 1. The van der Waals surface area contributed by atoms with Crippen LogP contribution in [0.1, 0.15) is 33.1 Å². The highest BCUT2D eigenvalue weighted by Crippen LogP contribution is 2.42. The number of epoxide rings is 1. The molecule has 0 bridgehead atoms. The molecule has 3 unspecified atom stereocenters. The Bertz CT molecular complexity index is 650. The minimum atomic E-state index is -1.49. The summed E-state index contributed by atoms with van der Waals surface area (Å²) < 4.78 is 5.20. The first-order valence-corrected chi connectivity index (χ1v) is 8.30. The lowest BCUT2D eigenvalue weighted by atomic mass is 9.84. The summed E-state index contributed by atoms with van der Waals surface area (Å²) in [6.07, 6.45) is 7.27. The summed E-state index contributed by atoms with van der Waals surface area (Å²) in [5, 5.41) is 13.1. The number of amides is 2. The number of Topliss-reactive ketones (excluding diaryl/α,β-unsaturated/α-hetero) is 1. The zero-order chi connectivity index (χ0) is 18.6. The molecular weight excluding hydrogens is 324 g/mol. The number of allylic oxidation sites excluding steroid dienone is 3. The molecule has 0 saturated carbocycles. The lowest BCUT2D eigenvalue weighted by Crippen LogP contribution is -2.44. The van der Waals surface area contributed by atoms with Crippen LogP contribution >= 0.6 is 0 Å². The molecule has 1 aliphatic carbocycles. The Balaban J connectivity index is 1.99. The maximum Gasteiger partial charge on any atom is 0.248 e. The van der Waals surface area contributed by atoms with Gasteiger partial charge in [-0.3, -0.25) is 14.4 Å². The molecule has 1 saturated heterocycles. The van der Waals surface area contributed by atoms with Crippen LogP contribution in [0.25, 0.3) is 0 Å². The van der Waals surface area contributed by atoms with E-state index in [1.807, 2.05) is 6.08 Å². The Morgan fingerprint density at radius 3 is 2.80 bits per heavy atom. The van der Waals surface area contributed by atoms with Crippen molar-refractivity contribution in [3.63, 3.8) is 0 Å². The van der Waals surface area contributed by atoms with Gasteiger partial charge in [-0.15, -0.1) is 0 Å². The molecule has 2 aliphatic rings. The smallest absolute Gasteiger partial charge is 0.248 e. The van der Waals surface area contributed by atoms with E-state index in [1.165, 1.54) is 12.2 Å². The standard InChI is InChI=1S/C18H24N2O5/c1-11(2)6-4-3-5-7-14(22)20-12-10-18(24,9-8-13(19)21)17-16(25-17)15(12)23/h3-5,7,10-11,16-17,24H,6,8-9H2,1-2H3,(H2,19,21)(H,20,22)/b4-3+,7-5+. The molecule has 1 fully saturated rings. The van der Waals surface area contributed by atoms with E-state index in [4.69, 9.17) is 10.5 Å². The fourth-order valence-electron chi connectivity index (χ4n) is 2.63. The van der Waals surface area contributed by atoms with Crippen LogP contribution < -0.4 is 11.1 Å². The van der Waals surface area contributed by atoms with E-state index in [-0.39, 0.29) is 24.3 Å². The topological polar surface area (TPSA) is 122 Å². The molecule has 4 N–H and O–H groups in total. The lowest BCUT2D eigenvalue weighted by molar-refractivity contribution is -0.121. The van der Waals surface area contributed by atoms with E-state index in [9.17, 15) is 19.5 Å². The van der Waals surface area contributed by atoms with Crippen molar-refractivity contribution < 1.29 is 24.2 Å². The Kier molecular flexibility index (Phi) is 5.92. The SMILES string of the molecule is CC(C)C/C=C/C=C/C(=O)NC1=CC(O)(CCC(N)=O)C2OC2C1=O. The summed E-state index contributed by atoms with van der Waals surface area (Å²) in [4.78, 5) is 35.0. The van der Waals surface area contributed by atoms with E-state index < -0.39 is 29.6 Å². The predicted octanol–water partition coefficient (Wildman–Crippen LogP) is 0.492. The number of hydrogen-bond donors (Lipinski definition) is 3. The Hall–Kier alpha value is -2.25. The van der Waals surface area contributed by atoms with Crippen LogP contribution in [0.4, 0.5) is 0 Å². The molecule has 1 aliphatic heterocycles. The minimum Gasteiger partial charge on any atom is -0.383 e. The average molecular weight is 348 g/mol. The van der Waals surface area contributed by atoms with Gasteiger partial charge >= 0.3 is 0 Å². The second kappa shape index (κ2) is 7.76. The van der Waals surface area contributed by atoms with Crippen molar-refractivity contribution in [2.24, 2.45) is 11.7 Å². The Morgan fingerprint density at radius 2 is 2.16 bits per heavy atom. The average Bonchev–Trinajstić information content (AvgIpc) is 3.32. The summed E-state index contributed by atoms with van der Waals surface area (Å²) in [7, 11) is 0. The highest BCUT2D eigenvalue weighted by atomic mass is 16.6. The highest BCUT2D eigenvalue weighted by molar-refractivity contribution is 6.06. The molecule has 0 aromatic carbocycles. The second-order valence-corrected chi connectivity index (χ2v) is 6.76. The van der Waals surface area contributed by atoms with Crippen molar-refractivity contribution in [1.29, 1.82) is 0 Å². The zero-order valence-corrected chi connectivity index (χ0v) is 14.4. The van der Waals surface area contributed by atoms with Gasteiger partial charge in [-0.25, -0.2) is 0 Å². The van der Waals surface area contributed by atoms with E-state index >= 15 is 0 Å². The van der Waals surface area contributed by atoms with Crippen LogP contribution in [0.2, 0.25) is 0 Å². The highest BCUT2D eigenvalue weighted by Gasteiger charge is 2.60.